The van der Waals surface area contributed by atoms with E-state index in [2.05, 4.69) is 20.5 Å². The second kappa shape index (κ2) is 8.55. The van der Waals surface area contributed by atoms with Crippen molar-refractivity contribution in [1.29, 1.82) is 0 Å². The molecule has 0 aliphatic heterocycles. The van der Waals surface area contributed by atoms with Crippen LogP contribution in [-0.4, -0.2) is 34.7 Å². The lowest BCUT2D eigenvalue weighted by molar-refractivity contribution is 0.102. The SMILES string of the molecule is CN(CCc1ccncc1)c1ccc(NC(=O)c2c(F)cccc2Cl)nn1. The molecule has 0 radical (unpaired) electrons. The van der Waals surface area contributed by atoms with E-state index in [0.717, 1.165) is 13.0 Å². The second-order valence-corrected chi connectivity index (χ2v) is 6.26. The normalized spacial score (nSPS) is 10.5. The number of likely N-dealkylation sites (N-methyl/N-ethyl adjacent to an activating group) is 1. The van der Waals surface area contributed by atoms with E-state index in [4.69, 9.17) is 11.6 Å². The van der Waals surface area contributed by atoms with Gasteiger partial charge in [-0.15, -0.1) is 10.2 Å². The number of amides is 1. The molecule has 0 aliphatic carbocycles. The zero-order valence-electron chi connectivity index (χ0n) is 14.6. The maximum absolute atomic E-state index is 13.8. The van der Waals surface area contributed by atoms with E-state index >= 15 is 0 Å². The standard InChI is InChI=1S/C19H17ClFN5O/c1-26(12-9-13-7-10-22-11-8-13)17-6-5-16(24-25-17)23-19(27)18-14(20)3-2-4-15(18)21/h2-8,10-11H,9,12H2,1H3,(H,23,24,27). The van der Waals surface area contributed by atoms with E-state index in [1.165, 1.54) is 23.8 Å². The molecule has 27 heavy (non-hydrogen) atoms. The summed E-state index contributed by atoms with van der Waals surface area (Å²) in [4.78, 5) is 18.2. The lowest BCUT2D eigenvalue weighted by Crippen LogP contribution is -2.22. The van der Waals surface area contributed by atoms with E-state index in [-0.39, 0.29) is 16.4 Å². The van der Waals surface area contributed by atoms with Gasteiger partial charge in [0.15, 0.2) is 11.6 Å². The Hall–Kier alpha value is -3.06. The van der Waals surface area contributed by atoms with Crippen LogP contribution in [0.15, 0.2) is 54.9 Å². The average molecular weight is 386 g/mol. The Morgan fingerprint density at radius 2 is 1.93 bits per heavy atom. The largest absolute Gasteiger partial charge is 0.358 e. The van der Waals surface area contributed by atoms with Gasteiger partial charge in [0.05, 0.1) is 10.6 Å². The van der Waals surface area contributed by atoms with Crippen molar-refractivity contribution < 1.29 is 9.18 Å². The summed E-state index contributed by atoms with van der Waals surface area (Å²) in [5.74, 6) is -0.497. The van der Waals surface area contributed by atoms with Gasteiger partial charge in [0.1, 0.15) is 5.82 Å². The third kappa shape index (κ3) is 4.77. The zero-order chi connectivity index (χ0) is 19.2. The predicted octanol–water partition coefficient (Wildman–Crippen LogP) is 3.60. The number of aromatic nitrogens is 3. The first-order valence-electron chi connectivity index (χ1n) is 8.24. The molecular weight excluding hydrogens is 369 g/mol. The van der Waals surface area contributed by atoms with Crippen molar-refractivity contribution in [2.75, 3.05) is 23.8 Å². The molecule has 3 rings (SSSR count). The monoisotopic (exact) mass is 385 g/mol. The van der Waals surface area contributed by atoms with Crippen LogP contribution in [0.5, 0.6) is 0 Å². The van der Waals surface area contributed by atoms with E-state index in [0.29, 0.717) is 5.82 Å². The second-order valence-electron chi connectivity index (χ2n) is 5.85. The number of hydrogen-bond donors (Lipinski definition) is 1. The minimum absolute atomic E-state index is 0.0351. The van der Waals surface area contributed by atoms with Gasteiger partial charge < -0.3 is 10.2 Å². The molecule has 0 aliphatic rings. The van der Waals surface area contributed by atoms with E-state index < -0.39 is 11.7 Å². The number of benzene rings is 1. The Balaban J connectivity index is 1.62. The van der Waals surface area contributed by atoms with Gasteiger partial charge in [-0.2, -0.15) is 0 Å². The third-order valence-electron chi connectivity index (χ3n) is 3.96. The Morgan fingerprint density at radius 1 is 1.15 bits per heavy atom. The molecule has 6 nitrogen and oxygen atoms in total. The first-order valence-corrected chi connectivity index (χ1v) is 8.61. The average Bonchev–Trinajstić information content (AvgIpc) is 2.67. The summed E-state index contributed by atoms with van der Waals surface area (Å²) < 4.78 is 13.8. The number of carbonyl (C=O) groups is 1. The molecule has 0 saturated carbocycles. The fraction of sp³-hybridized carbons (Fsp3) is 0.158. The number of nitrogens with one attached hydrogen (secondary N) is 1. The van der Waals surface area contributed by atoms with Gasteiger partial charge in [-0.25, -0.2) is 4.39 Å². The minimum atomic E-state index is -0.694. The van der Waals surface area contributed by atoms with Gasteiger partial charge >= 0.3 is 0 Å². The zero-order valence-corrected chi connectivity index (χ0v) is 15.3. The Morgan fingerprint density at radius 3 is 2.59 bits per heavy atom. The quantitative estimate of drug-likeness (QED) is 0.702. The van der Waals surface area contributed by atoms with Crippen LogP contribution in [0.2, 0.25) is 5.02 Å². The number of halogens is 2. The molecule has 8 heteroatoms. The molecule has 1 N–H and O–H groups in total. The molecular formula is C19H17ClFN5O. The number of anilines is 2. The van der Waals surface area contributed by atoms with Gasteiger partial charge in [-0.05, 0) is 48.4 Å². The summed E-state index contributed by atoms with van der Waals surface area (Å²) in [5.41, 5.74) is 0.954. The highest BCUT2D eigenvalue weighted by molar-refractivity contribution is 6.34. The molecule has 2 heterocycles. The maximum atomic E-state index is 13.8. The van der Waals surface area contributed by atoms with E-state index in [9.17, 15) is 9.18 Å². The number of rotatable bonds is 6. The number of nitrogens with zero attached hydrogens (tertiary/aromatic N) is 4. The van der Waals surface area contributed by atoms with Crippen LogP contribution in [0.3, 0.4) is 0 Å². The third-order valence-corrected chi connectivity index (χ3v) is 4.27. The van der Waals surface area contributed by atoms with Crippen LogP contribution in [0.25, 0.3) is 0 Å². The summed E-state index contributed by atoms with van der Waals surface area (Å²) in [6, 6.07) is 11.3. The number of hydrogen-bond acceptors (Lipinski definition) is 5. The summed E-state index contributed by atoms with van der Waals surface area (Å²) in [5, 5.41) is 10.6. The Bertz CT molecular complexity index is 901. The summed E-state index contributed by atoms with van der Waals surface area (Å²) in [7, 11) is 1.91. The smallest absolute Gasteiger partial charge is 0.261 e. The van der Waals surface area contributed by atoms with Crippen molar-refractivity contribution in [1.82, 2.24) is 15.2 Å². The van der Waals surface area contributed by atoms with Gasteiger partial charge in [0.25, 0.3) is 5.91 Å². The molecule has 3 aromatic rings. The molecule has 0 unspecified atom stereocenters. The Labute approximate surface area is 161 Å². The molecule has 0 bridgehead atoms. The minimum Gasteiger partial charge on any atom is -0.358 e. The van der Waals surface area contributed by atoms with Crippen molar-refractivity contribution in [3.63, 3.8) is 0 Å². The molecule has 1 aromatic carbocycles. The van der Waals surface area contributed by atoms with Crippen LogP contribution in [0.1, 0.15) is 15.9 Å². The highest BCUT2D eigenvalue weighted by Gasteiger charge is 2.16. The number of carbonyl (C=O) groups excluding carboxylic acids is 1. The van der Waals surface area contributed by atoms with Gasteiger partial charge in [-0.1, -0.05) is 17.7 Å². The fourth-order valence-corrected chi connectivity index (χ4v) is 2.70. The molecule has 0 saturated heterocycles. The van der Waals surface area contributed by atoms with Crippen LogP contribution in [0.4, 0.5) is 16.0 Å². The highest BCUT2D eigenvalue weighted by atomic mass is 35.5. The number of pyridine rings is 1. The highest BCUT2D eigenvalue weighted by Crippen LogP contribution is 2.20. The molecule has 138 valence electrons. The fourth-order valence-electron chi connectivity index (χ4n) is 2.45. The lowest BCUT2D eigenvalue weighted by Gasteiger charge is -2.17. The van der Waals surface area contributed by atoms with E-state index in [1.54, 1.807) is 24.5 Å². The van der Waals surface area contributed by atoms with Crippen LogP contribution < -0.4 is 10.2 Å². The topological polar surface area (TPSA) is 71.0 Å². The maximum Gasteiger partial charge on any atom is 0.261 e. The molecule has 1 amide bonds. The summed E-state index contributed by atoms with van der Waals surface area (Å²) in [6.07, 6.45) is 4.36. The van der Waals surface area contributed by atoms with Crippen molar-refractivity contribution >= 4 is 29.1 Å². The summed E-state index contributed by atoms with van der Waals surface area (Å²) >= 11 is 5.90. The summed E-state index contributed by atoms with van der Waals surface area (Å²) in [6.45, 7) is 0.745. The van der Waals surface area contributed by atoms with E-state index in [1.807, 2.05) is 24.1 Å². The van der Waals surface area contributed by atoms with Crippen LogP contribution in [-0.2, 0) is 6.42 Å². The first-order chi connectivity index (χ1) is 13.0. The van der Waals surface area contributed by atoms with Crippen molar-refractivity contribution in [2.45, 2.75) is 6.42 Å². The Kier molecular flexibility index (Phi) is 5.93. The van der Waals surface area contributed by atoms with Crippen LogP contribution in [0, 0.1) is 5.82 Å². The van der Waals surface area contributed by atoms with Gasteiger partial charge in [-0.3, -0.25) is 9.78 Å². The molecule has 2 aromatic heterocycles. The first kappa shape index (κ1) is 18.7. The van der Waals surface area contributed by atoms with Crippen molar-refractivity contribution in [3.05, 3.63) is 76.8 Å². The molecule has 0 spiro atoms. The van der Waals surface area contributed by atoms with Gasteiger partial charge in [0, 0.05) is 26.0 Å². The lowest BCUT2D eigenvalue weighted by atomic mass is 10.2. The molecule has 0 fully saturated rings. The van der Waals surface area contributed by atoms with Gasteiger partial charge in [0.2, 0.25) is 0 Å². The van der Waals surface area contributed by atoms with Crippen molar-refractivity contribution in [2.24, 2.45) is 0 Å². The van der Waals surface area contributed by atoms with Crippen molar-refractivity contribution in [3.8, 4) is 0 Å². The molecule has 0 atom stereocenters. The van der Waals surface area contributed by atoms with Crippen LogP contribution >= 0.6 is 11.6 Å². The predicted molar refractivity (Wildman–Crippen MR) is 103 cm³/mol.